The van der Waals surface area contributed by atoms with Gasteiger partial charge in [0.2, 0.25) is 5.78 Å². The van der Waals surface area contributed by atoms with Crippen molar-refractivity contribution in [3.05, 3.63) is 24.5 Å². The number of carbonyl (C=O) groups excluding carboxylic acids is 1. The predicted octanol–water partition coefficient (Wildman–Crippen LogP) is 7.48. The summed E-state index contributed by atoms with van der Waals surface area (Å²) < 4.78 is 224. The summed E-state index contributed by atoms with van der Waals surface area (Å²) in [5.74, 6) is -9.73. The molecule has 0 bridgehead atoms. The molecule has 49 heavy (non-hydrogen) atoms. The van der Waals surface area contributed by atoms with Gasteiger partial charge >= 0.3 is 42.8 Å². The van der Waals surface area contributed by atoms with Crippen molar-refractivity contribution < 1.29 is 114 Å². The van der Waals surface area contributed by atoms with Crippen molar-refractivity contribution in [1.82, 2.24) is 0 Å². The highest BCUT2D eigenvalue weighted by Gasteiger charge is 2.76. The van der Waals surface area contributed by atoms with E-state index < -0.39 is 90.5 Å². The van der Waals surface area contributed by atoms with E-state index >= 15 is 0 Å². The first kappa shape index (κ1) is 50.9. The van der Waals surface area contributed by atoms with E-state index in [1.165, 1.54) is 6.08 Å². The lowest BCUT2D eigenvalue weighted by atomic mass is 9.97. The first-order valence-electron chi connectivity index (χ1n) is 12.4. The molecule has 0 aliphatic carbocycles. The molecule has 3 atom stereocenters. The maximum Gasteiger partial charge on any atom is 0.465 e. The van der Waals surface area contributed by atoms with Gasteiger partial charge in [-0.3, -0.25) is 4.79 Å². The minimum absolute atomic E-state index is 0.268. The van der Waals surface area contributed by atoms with Gasteiger partial charge in [-0.15, -0.1) is 6.58 Å². The molecule has 7 nitrogen and oxygen atoms in total. The molecular weight excluding hydrogens is 742 g/mol. The minimum atomic E-state index is -6.28. The topological polar surface area (TPSA) is 116 Å². The molecular formula is C24H30F18O7. The van der Waals surface area contributed by atoms with Gasteiger partial charge in [0.05, 0.1) is 12.4 Å². The number of aliphatic hydroxyl groups excluding tert-OH is 1. The Labute approximate surface area is 264 Å². The third kappa shape index (κ3) is 15.5. The second-order valence-electron chi connectivity index (χ2n) is 10.3. The van der Waals surface area contributed by atoms with E-state index in [4.69, 9.17) is 20.4 Å². The summed E-state index contributed by atoms with van der Waals surface area (Å²) >= 11 is 0. The minimum Gasteiger partial charge on any atom is -0.455 e. The van der Waals surface area contributed by atoms with Gasteiger partial charge in [0, 0.05) is 19.8 Å². The molecule has 4 N–H and O–H groups in total. The summed E-state index contributed by atoms with van der Waals surface area (Å²) in [4.78, 5) is 9.34. The third-order valence-corrected chi connectivity index (χ3v) is 5.42. The molecule has 0 saturated carbocycles. The van der Waals surface area contributed by atoms with Crippen LogP contribution in [-0.4, -0.2) is 92.1 Å². The SMILES string of the molecule is C/C(=C\OC(O)(C(F)(F)F)C(F)(F)F)CC(C)(O)C(F)(F)F.C=CC(C)O.CC(=O)C(F)(F)F.CC1(O)CCC(C(F)(F)F)(C(F)(F)F)O1. The summed E-state index contributed by atoms with van der Waals surface area (Å²) in [5.41, 5.74) is -8.45. The number of ketones is 1. The first-order chi connectivity index (χ1) is 21.0. The van der Waals surface area contributed by atoms with Crippen molar-refractivity contribution >= 4 is 5.78 Å². The fourth-order valence-electron chi connectivity index (χ4n) is 2.61. The molecule has 0 aromatic carbocycles. The summed E-state index contributed by atoms with van der Waals surface area (Å²) in [5, 5.41) is 34.9. The van der Waals surface area contributed by atoms with Gasteiger partial charge in [0.1, 0.15) is 0 Å². The fraction of sp³-hybridized carbons (Fsp3) is 0.792. The monoisotopic (exact) mass is 772 g/mol. The number of halogens is 18. The van der Waals surface area contributed by atoms with Crippen molar-refractivity contribution in [1.29, 1.82) is 0 Å². The molecule has 294 valence electrons. The van der Waals surface area contributed by atoms with E-state index in [1.54, 1.807) is 6.92 Å². The Bertz CT molecular complexity index is 1050. The summed E-state index contributed by atoms with van der Waals surface area (Å²) in [6, 6.07) is 0. The Morgan fingerprint density at radius 1 is 0.816 bits per heavy atom. The molecule has 1 fully saturated rings. The maximum atomic E-state index is 12.3. The van der Waals surface area contributed by atoms with Crippen LogP contribution >= 0.6 is 0 Å². The zero-order chi connectivity index (χ0) is 40.7. The smallest absolute Gasteiger partial charge is 0.455 e. The molecule has 25 heteroatoms. The van der Waals surface area contributed by atoms with Crippen LogP contribution < -0.4 is 0 Å². The number of rotatable bonds is 5. The molecule has 0 aromatic heterocycles. The fourth-order valence-corrected chi connectivity index (χ4v) is 2.61. The molecule has 0 radical (unpaired) electrons. The van der Waals surface area contributed by atoms with E-state index in [-0.39, 0.29) is 19.3 Å². The standard InChI is InChI=1S/C10H11F9O3.C7H8F6O2.C4H8O.C3H3F3O/c1-5(3-6(2,20)8(11,12)13)4-22-7(21,9(14,15)16)10(17,18)19;1-4(14)2-3-5(15-4,6(8,9)10)7(11,12)13;1-3-4(2)5;1-2(7)3(4,5)6/h4,20-21H,3H2,1-2H3;14H,2-3H2,1H3;3-5H,1H2,2H3;1H3/b5-4+;;;. The predicted molar refractivity (Wildman–Crippen MR) is 128 cm³/mol. The molecule has 3 unspecified atom stereocenters. The number of aliphatic hydroxyl groups is 4. The van der Waals surface area contributed by atoms with Gasteiger partial charge < -0.3 is 29.9 Å². The van der Waals surface area contributed by atoms with Gasteiger partial charge in [-0.25, -0.2) is 0 Å². The third-order valence-electron chi connectivity index (χ3n) is 5.42. The van der Waals surface area contributed by atoms with E-state index in [1.807, 2.05) is 0 Å². The second-order valence-corrected chi connectivity index (χ2v) is 10.3. The summed E-state index contributed by atoms with van der Waals surface area (Å²) in [7, 11) is 0. The van der Waals surface area contributed by atoms with Gasteiger partial charge in [0.15, 0.2) is 11.4 Å². The zero-order valence-electron chi connectivity index (χ0n) is 25.4. The highest BCUT2D eigenvalue weighted by Crippen LogP contribution is 2.55. The molecule has 1 aliphatic heterocycles. The number of carbonyl (C=O) groups is 1. The number of Topliss-reactive ketones (excluding diaryl/α,β-unsaturated/α-hetero) is 1. The molecule has 1 heterocycles. The molecule has 0 spiro atoms. The van der Waals surface area contributed by atoms with Crippen molar-refractivity contribution in [2.24, 2.45) is 0 Å². The van der Waals surface area contributed by atoms with Gasteiger partial charge in [-0.05, 0) is 39.7 Å². The average Bonchev–Trinajstić information content (AvgIpc) is 3.17. The highest BCUT2D eigenvalue weighted by molar-refractivity contribution is 5.81. The van der Waals surface area contributed by atoms with Crippen LogP contribution in [0.5, 0.6) is 0 Å². The van der Waals surface area contributed by atoms with Crippen LogP contribution in [-0.2, 0) is 14.3 Å². The van der Waals surface area contributed by atoms with E-state index in [9.17, 15) is 83.8 Å². The Morgan fingerprint density at radius 2 is 1.14 bits per heavy atom. The van der Waals surface area contributed by atoms with Gasteiger partial charge in [-0.1, -0.05) is 6.08 Å². The molecule has 0 amide bonds. The molecule has 1 aliphatic rings. The van der Waals surface area contributed by atoms with Crippen molar-refractivity contribution in [3.8, 4) is 0 Å². The van der Waals surface area contributed by atoms with E-state index in [0.29, 0.717) is 13.8 Å². The molecule has 1 saturated heterocycles. The largest absolute Gasteiger partial charge is 0.465 e. The van der Waals surface area contributed by atoms with Crippen molar-refractivity contribution in [3.63, 3.8) is 0 Å². The van der Waals surface area contributed by atoms with Crippen molar-refractivity contribution in [2.45, 2.75) is 120 Å². The number of ether oxygens (including phenoxy) is 2. The van der Waals surface area contributed by atoms with Crippen LogP contribution in [0, 0.1) is 0 Å². The first-order valence-corrected chi connectivity index (χ1v) is 12.4. The number of hydrogen-bond donors (Lipinski definition) is 4. The van der Waals surface area contributed by atoms with Crippen LogP contribution in [0.2, 0.25) is 0 Å². The Hall–Kier alpha value is -2.51. The quantitative estimate of drug-likeness (QED) is 0.0992. The van der Waals surface area contributed by atoms with Crippen molar-refractivity contribution in [2.75, 3.05) is 0 Å². The van der Waals surface area contributed by atoms with Gasteiger partial charge in [0.25, 0.3) is 5.60 Å². The van der Waals surface area contributed by atoms with Gasteiger partial charge in [-0.2, -0.15) is 79.0 Å². The van der Waals surface area contributed by atoms with Crippen LogP contribution in [0.3, 0.4) is 0 Å². The number of alkyl halides is 18. The lowest BCUT2D eigenvalue weighted by Gasteiger charge is -2.34. The lowest BCUT2D eigenvalue weighted by Crippen LogP contribution is -2.58. The summed E-state index contributed by atoms with van der Waals surface area (Å²) in [6.07, 6.45) is -36.2. The maximum absolute atomic E-state index is 12.3. The van der Waals surface area contributed by atoms with Crippen LogP contribution in [0.4, 0.5) is 79.0 Å². The van der Waals surface area contributed by atoms with Crippen LogP contribution in [0.15, 0.2) is 24.5 Å². The number of hydrogen-bond acceptors (Lipinski definition) is 7. The lowest BCUT2D eigenvalue weighted by molar-refractivity contribution is -0.445. The Morgan fingerprint density at radius 3 is 1.31 bits per heavy atom. The van der Waals surface area contributed by atoms with Crippen LogP contribution in [0.1, 0.15) is 53.9 Å². The molecule has 0 aromatic rings. The van der Waals surface area contributed by atoms with Crippen LogP contribution in [0.25, 0.3) is 0 Å². The Balaban J connectivity index is -0.000000668. The van der Waals surface area contributed by atoms with E-state index in [2.05, 4.69) is 16.1 Å². The zero-order valence-corrected chi connectivity index (χ0v) is 25.4. The Kier molecular flexibility index (Phi) is 17.3. The average molecular weight is 772 g/mol. The second kappa shape index (κ2) is 16.7. The van der Waals surface area contributed by atoms with E-state index in [0.717, 1.165) is 6.92 Å². The summed E-state index contributed by atoms with van der Waals surface area (Å²) in [6.45, 7) is 7.18. The molecule has 1 rings (SSSR count). The normalized spacial score (nSPS) is 21.0. The highest BCUT2D eigenvalue weighted by atomic mass is 19.4.